The zero-order valence-corrected chi connectivity index (χ0v) is 37.1. The first kappa shape index (κ1) is 53.2. The van der Waals surface area contributed by atoms with Gasteiger partial charge in [0.05, 0.1) is 24.2 Å². The summed E-state index contributed by atoms with van der Waals surface area (Å²) in [5, 5.41) is 55.7. The Labute approximate surface area is 383 Å². The molecular weight excluding hydrogens is 879 g/mol. The average Bonchev–Trinajstić information content (AvgIpc) is 3.69. The Balaban J connectivity index is 0.000000406. The van der Waals surface area contributed by atoms with E-state index in [0.717, 1.165) is 74.1 Å². The van der Waals surface area contributed by atoms with Gasteiger partial charge in [-0.05, 0) is 69.1 Å². The molecule has 358 valence electrons. The number of carboxylic acids is 6. The number of amides is 1. The zero-order chi connectivity index (χ0) is 49.8. The van der Waals surface area contributed by atoms with Crippen LogP contribution in [-0.4, -0.2) is 162 Å². The molecule has 6 rings (SSSR count). The van der Waals surface area contributed by atoms with Gasteiger partial charge in [0.25, 0.3) is 5.91 Å². The monoisotopic (exact) mass is 931 g/mol. The van der Waals surface area contributed by atoms with E-state index in [9.17, 15) is 33.6 Å². The first-order valence-electron chi connectivity index (χ1n) is 20.3. The molecule has 1 aliphatic carbocycles. The number of aromatic nitrogens is 4. The SMILES string of the molecule is COc1cc(-c2nn(C3CCC(N4CCN(C)CC4)CC3)c3ncnc(N)c23)ccc1NC(=O)c1ccc(N(C)C)cc1.O=C(O)/C=C\C(=O)O.O=C(O)/C=C\C(=O)O.O=C(O)/C=C\C(=O)O. The lowest BCUT2D eigenvalue weighted by Gasteiger charge is -2.41. The molecule has 0 bridgehead atoms. The summed E-state index contributed by atoms with van der Waals surface area (Å²) in [7, 11) is 7.72. The molecule has 9 N–H and O–H groups in total. The summed E-state index contributed by atoms with van der Waals surface area (Å²) in [6.45, 7) is 4.56. The van der Waals surface area contributed by atoms with Crippen LogP contribution in [0.25, 0.3) is 22.3 Å². The number of nitrogen functional groups attached to an aromatic ring is 1. The fourth-order valence-corrected chi connectivity index (χ4v) is 6.78. The van der Waals surface area contributed by atoms with Gasteiger partial charge in [0.1, 0.15) is 23.6 Å². The second-order valence-corrected chi connectivity index (χ2v) is 14.9. The van der Waals surface area contributed by atoms with Crippen molar-refractivity contribution in [2.24, 2.45) is 0 Å². The third-order valence-corrected chi connectivity index (χ3v) is 10.1. The topological polar surface area (TPSA) is 341 Å². The van der Waals surface area contributed by atoms with Crippen LogP contribution >= 0.6 is 0 Å². The molecule has 0 unspecified atom stereocenters. The number of nitrogens with one attached hydrogen (secondary N) is 1. The molecule has 1 saturated carbocycles. The molecule has 4 aromatic rings. The number of carboxylic acid groups (broad SMARTS) is 6. The Bertz CT molecular complexity index is 2340. The number of fused-ring (bicyclic) bond motifs is 1. The third-order valence-electron chi connectivity index (χ3n) is 10.1. The third kappa shape index (κ3) is 17.4. The van der Waals surface area contributed by atoms with Gasteiger partial charge < -0.3 is 56.2 Å². The van der Waals surface area contributed by atoms with Crippen LogP contribution in [0.2, 0.25) is 0 Å². The molecule has 1 aliphatic heterocycles. The molecule has 2 aliphatic rings. The minimum Gasteiger partial charge on any atom is -0.495 e. The van der Waals surface area contributed by atoms with Gasteiger partial charge in [0.15, 0.2) is 5.65 Å². The van der Waals surface area contributed by atoms with Crippen molar-refractivity contribution in [3.05, 3.63) is 90.8 Å². The summed E-state index contributed by atoms with van der Waals surface area (Å²) in [6, 6.07) is 14.0. The predicted molar refractivity (Wildman–Crippen MR) is 244 cm³/mol. The number of anilines is 3. The second-order valence-electron chi connectivity index (χ2n) is 14.9. The number of hydrogen-bond donors (Lipinski definition) is 8. The minimum atomic E-state index is -1.26. The number of benzene rings is 2. The Morgan fingerprint density at radius 2 is 1.18 bits per heavy atom. The minimum absolute atomic E-state index is 0.212. The number of aliphatic carboxylic acids is 6. The van der Waals surface area contributed by atoms with E-state index in [2.05, 4.69) is 36.8 Å². The fraction of sp³-hybridized carbons (Fsp3) is 0.318. The molecule has 67 heavy (non-hydrogen) atoms. The molecule has 3 heterocycles. The van der Waals surface area contributed by atoms with E-state index in [4.69, 9.17) is 46.2 Å². The molecule has 2 aromatic heterocycles. The maximum Gasteiger partial charge on any atom is 0.328 e. The standard InChI is InChI=1S/C32H41N9O2.3C4H4O4/c1-38(2)23-8-5-21(6-9-23)32(42)36-26-14-7-22(19-27(26)43-4)29-28-30(33)34-20-35-31(28)41(37-29)25-12-10-24(11-13-25)40-17-15-39(3)16-18-40;3*5-3(6)1-2-4(7)8/h5-9,14,19-20,24-25H,10-13,15-18H2,1-4H3,(H,36,42)(H2,33,34,35);3*1-2H,(H,5,6)(H,7,8)/b;3*2-1-. The summed E-state index contributed by atoms with van der Waals surface area (Å²) < 4.78 is 7.77. The number of nitrogens with zero attached hydrogens (tertiary/aromatic N) is 7. The Kier molecular flexibility index (Phi) is 20.6. The van der Waals surface area contributed by atoms with Crippen molar-refractivity contribution in [1.29, 1.82) is 0 Å². The molecule has 23 nitrogen and oxygen atoms in total. The molecule has 2 aromatic carbocycles. The van der Waals surface area contributed by atoms with Crippen LogP contribution in [0.1, 0.15) is 42.1 Å². The average molecular weight is 932 g/mol. The maximum absolute atomic E-state index is 13.0. The lowest BCUT2D eigenvalue weighted by molar-refractivity contribution is -0.134. The van der Waals surface area contributed by atoms with E-state index in [-0.39, 0.29) is 11.9 Å². The number of piperazine rings is 1. The van der Waals surface area contributed by atoms with Crippen molar-refractivity contribution >= 4 is 69.9 Å². The second kappa shape index (κ2) is 25.9. The van der Waals surface area contributed by atoms with Crippen LogP contribution in [0.5, 0.6) is 5.75 Å². The summed E-state index contributed by atoms with van der Waals surface area (Å²) in [5.41, 5.74) is 10.9. The number of carbonyl (C=O) groups excluding carboxylic acids is 1. The molecular formula is C44H53N9O14. The highest BCUT2D eigenvalue weighted by atomic mass is 16.5. The van der Waals surface area contributed by atoms with E-state index in [1.807, 2.05) is 61.5 Å². The number of methoxy groups -OCH3 is 1. The number of nitrogens with two attached hydrogens (primary N) is 1. The van der Waals surface area contributed by atoms with Gasteiger partial charge in [0.2, 0.25) is 0 Å². The normalized spacial score (nSPS) is 16.1. The molecule has 1 saturated heterocycles. The molecule has 0 radical (unpaired) electrons. The van der Waals surface area contributed by atoms with Crippen LogP contribution < -0.4 is 20.7 Å². The Morgan fingerprint density at radius 3 is 1.63 bits per heavy atom. The van der Waals surface area contributed by atoms with E-state index < -0.39 is 35.8 Å². The van der Waals surface area contributed by atoms with Gasteiger partial charge in [-0.15, -0.1) is 0 Å². The van der Waals surface area contributed by atoms with Crippen LogP contribution in [0, 0.1) is 0 Å². The zero-order valence-electron chi connectivity index (χ0n) is 37.1. The first-order valence-corrected chi connectivity index (χ1v) is 20.3. The largest absolute Gasteiger partial charge is 0.495 e. The first-order chi connectivity index (χ1) is 31.7. The molecule has 0 spiro atoms. The Morgan fingerprint density at radius 1 is 0.701 bits per heavy atom. The van der Waals surface area contributed by atoms with E-state index in [1.54, 1.807) is 7.11 Å². The highest BCUT2D eigenvalue weighted by Gasteiger charge is 2.31. The number of hydrogen-bond acceptors (Lipinski definition) is 15. The number of carbonyl (C=O) groups is 7. The summed E-state index contributed by atoms with van der Waals surface area (Å²) >= 11 is 0. The molecule has 23 heteroatoms. The highest BCUT2D eigenvalue weighted by molar-refractivity contribution is 6.06. The summed E-state index contributed by atoms with van der Waals surface area (Å²) in [6.07, 6.45) is 9.24. The number of ether oxygens (including phenoxy) is 1. The van der Waals surface area contributed by atoms with E-state index >= 15 is 0 Å². The summed E-state index contributed by atoms with van der Waals surface area (Å²) in [4.78, 5) is 86.3. The van der Waals surface area contributed by atoms with Gasteiger partial charge in [-0.1, -0.05) is 6.07 Å². The van der Waals surface area contributed by atoms with Crippen LogP contribution in [0.4, 0.5) is 17.2 Å². The van der Waals surface area contributed by atoms with Crippen LogP contribution in [0.15, 0.2) is 85.2 Å². The molecule has 2 fully saturated rings. The molecule has 0 atom stereocenters. The smallest absolute Gasteiger partial charge is 0.328 e. The lowest BCUT2D eigenvalue weighted by Crippen LogP contribution is -2.49. The number of rotatable bonds is 13. The van der Waals surface area contributed by atoms with Crippen LogP contribution in [0.3, 0.4) is 0 Å². The van der Waals surface area contributed by atoms with Crippen molar-refractivity contribution in [2.45, 2.75) is 37.8 Å². The van der Waals surface area contributed by atoms with Crippen molar-refractivity contribution in [3.63, 3.8) is 0 Å². The van der Waals surface area contributed by atoms with Crippen molar-refractivity contribution < 1.29 is 68.9 Å². The summed E-state index contributed by atoms with van der Waals surface area (Å²) in [5.74, 6) is -6.83. The van der Waals surface area contributed by atoms with Gasteiger partial charge in [0, 0.05) is 99.6 Å². The van der Waals surface area contributed by atoms with Gasteiger partial charge in [-0.3, -0.25) is 9.69 Å². The van der Waals surface area contributed by atoms with Crippen molar-refractivity contribution in [3.8, 4) is 17.0 Å². The predicted octanol–water partition coefficient (Wildman–Crippen LogP) is 3.27. The van der Waals surface area contributed by atoms with Crippen molar-refractivity contribution in [1.82, 2.24) is 29.5 Å². The highest BCUT2D eigenvalue weighted by Crippen LogP contribution is 2.39. The lowest BCUT2D eigenvalue weighted by atomic mass is 9.90. The quantitative estimate of drug-likeness (QED) is 0.0892. The van der Waals surface area contributed by atoms with Gasteiger partial charge in [-0.2, -0.15) is 5.10 Å². The van der Waals surface area contributed by atoms with Crippen LogP contribution in [-0.2, 0) is 28.8 Å². The van der Waals surface area contributed by atoms with Gasteiger partial charge in [-0.25, -0.2) is 43.4 Å². The Hall–Kier alpha value is -8.18. The van der Waals surface area contributed by atoms with Gasteiger partial charge >= 0.3 is 35.8 Å². The number of likely N-dealkylation sites (N-methyl/N-ethyl adjacent to an activating group) is 1. The van der Waals surface area contributed by atoms with Crippen molar-refractivity contribution in [2.75, 3.05) is 70.4 Å². The van der Waals surface area contributed by atoms with E-state index in [1.165, 1.54) is 6.33 Å². The van der Waals surface area contributed by atoms with E-state index in [0.29, 0.717) is 71.0 Å². The maximum atomic E-state index is 13.0. The fourth-order valence-electron chi connectivity index (χ4n) is 6.78. The molecule has 1 amide bonds.